The number of nitrogens with one attached hydrogen (secondary N) is 2. The highest BCUT2D eigenvalue weighted by molar-refractivity contribution is 6.40. The van der Waals surface area contributed by atoms with Crippen LogP contribution in [0.25, 0.3) is 33.2 Å². The summed E-state index contributed by atoms with van der Waals surface area (Å²) in [5.74, 6) is -0.413. The fraction of sp³-hybridized carbons (Fsp3) is 0. The third-order valence-electron chi connectivity index (χ3n) is 3.63. The van der Waals surface area contributed by atoms with Gasteiger partial charge in [-0.05, 0) is 30.3 Å². The summed E-state index contributed by atoms with van der Waals surface area (Å²) in [5.41, 5.74) is 2.63. The summed E-state index contributed by atoms with van der Waals surface area (Å²) in [5, 5.41) is 1.38. The lowest BCUT2D eigenvalue weighted by Gasteiger charge is -2.09. The van der Waals surface area contributed by atoms with Gasteiger partial charge in [-0.3, -0.25) is 4.98 Å². The van der Waals surface area contributed by atoms with Gasteiger partial charge in [0, 0.05) is 16.5 Å². The minimum atomic E-state index is -0.413. The predicted molar refractivity (Wildman–Crippen MR) is 89.6 cm³/mol. The molecule has 2 aromatic heterocycles. The van der Waals surface area contributed by atoms with E-state index in [9.17, 15) is 9.18 Å². The number of aromatic amines is 2. The fourth-order valence-electron chi connectivity index (χ4n) is 2.58. The minimum Gasteiger partial charge on any atom is -0.304 e. The van der Waals surface area contributed by atoms with Gasteiger partial charge in [0.1, 0.15) is 5.82 Å². The van der Waals surface area contributed by atoms with Crippen LogP contribution in [0.15, 0.2) is 41.2 Å². The molecule has 0 saturated heterocycles. The zero-order valence-electron chi connectivity index (χ0n) is 11.5. The summed E-state index contributed by atoms with van der Waals surface area (Å²) in [6.07, 6.45) is 0. The van der Waals surface area contributed by atoms with Gasteiger partial charge in [0.25, 0.3) is 0 Å². The molecule has 0 spiro atoms. The Bertz CT molecular complexity index is 1130. The molecule has 0 unspecified atom stereocenters. The number of H-pyrrole nitrogens is 2. The molecule has 0 saturated carbocycles. The van der Waals surface area contributed by atoms with Crippen LogP contribution < -0.4 is 5.69 Å². The molecular weight excluding hydrogens is 340 g/mol. The molecule has 2 aromatic carbocycles. The number of nitrogens with zero attached hydrogens (tertiary/aromatic N) is 1. The summed E-state index contributed by atoms with van der Waals surface area (Å²) < 4.78 is 13.2. The van der Waals surface area contributed by atoms with Crippen molar-refractivity contribution in [2.45, 2.75) is 0 Å². The van der Waals surface area contributed by atoms with E-state index in [4.69, 9.17) is 23.2 Å². The molecule has 0 fully saturated rings. The first-order valence-corrected chi connectivity index (χ1v) is 7.45. The largest absolute Gasteiger partial charge is 0.325 e. The van der Waals surface area contributed by atoms with Crippen LogP contribution in [0.2, 0.25) is 10.0 Å². The fourth-order valence-corrected chi connectivity index (χ4v) is 3.16. The van der Waals surface area contributed by atoms with Gasteiger partial charge in [-0.25, -0.2) is 14.2 Å². The SMILES string of the molecule is O=c1[nH]c2cc3c(Cl)c(-c4ccc(F)cc4Cl)ccc3nc2[nH]1. The highest BCUT2D eigenvalue weighted by Gasteiger charge is 2.13. The van der Waals surface area contributed by atoms with Crippen LogP contribution in [0.5, 0.6) is 0 Å². The van der Waals surface area contributed by atoms with Crippen molar-refractivity contribution in [1.29, 1.82) is 0 Å². The Morgan fingerprint density at radius 2 is 1.78 bits per heavy atom. The van der Waals surface area contributed by atoms with Crippen LogP contribution in [0.4, 0.5) is 4.39 Å². The number of fused-ring (bicyclic) bond motifs is 2. The van der Waals surface area contributed by atoms with Crippen molar-refractivity contribution in [2.24, 2.45) is 0 Å². The van der Waals surface area contributed by atoms with Gasteiger partial charge in [0.15, 0.2) is 5.65 Å². The van der Waals surface area contributed by atoms with Crippen LogP contribution >= 0.6 is 23.2 Å². The number of rotatable bonds is 1. The molecular formula is C16H8Cl2FN3O. The molecule has 0 atom stereocenters. The van der Waals surface area contributed by atoms with Crippen LogP contribution in [0, 0.1) is 5.82 Å². The Labute approximate surface area is 138 Å². The first kappa shape index (κ1) is 14.2. The molecule has 114 valence electrons. The van der Waals surface area contributed by atoms with E-state index in [2.05, 4.69) is 15.0 Å². The van der Waals surface area contributed by atoms with Crippen molar-refractivity contribution in [3.63, 3.8) is 0 Å². The quantitative estimate of drug-likeness (QED) is 0.531. The second-order valence-electron chi connectivity index (χ2n) is 5.08. The van der Waals surface area contributed by atoms with Crippen LogP contribution in [-0.4, -0.2) is 15.0 Å². The number of hydrogen-bond donors (Lipinski definition) is 2. The number of aromatic nitrogens is 3. The first-order chi connectivity index (χ1) is 11.0. The molecule has 2 N–H and O–H groups in total. The van der Waals surface area contributed by atoms with E-state index >= 15 is 0 Å². The topological polar surface area (TPSA) is 61.5 Å². The van der Waals surface area contributed by atoms with E-state index in [1.54, 1.807) is 24.3 Å². The molecule has 4 nitrogen and oxygen atoms in total. The summed E-state index contributed by atoms with van der Waals surface area (Å²) in [7, 11) is 0. The lowest BCUT2D eigenvalue weighted by molar-refractivity contribution is 0.628. The molecule has 4 rings (SSSR count). The Morgan fingerprint density at radius 1 is 1.00 bits per heavy atom. The van der Waals surface area contributed by atoms with E-state index in [-0.39, 0.29) is 10.7 Å². The number of hydrogen-bond acceptors (Lipinski definition) is 2. The maximum absolute atomic E-state index is 13.2. The Hall–Kier alpha value is -2.37. The summed E-state index contributed by atoms with van der Waals surface area (Å²) in [6.45, 7) is 0. The standard InChI is InChI=1S/C16H8Cl2FN3O/c17-11-5-7(19)1-2-8(11)9-3-4-12-10(14(9)18)6-13-15(20-12)22-16(23)21-13/h1-6H,(H2,20,21,22,23). The molecule has 0 amide bonds. The number of imidazole rings is 1. The highest BCUT2D eigenvalue weighted by Crippen LogP contribution is 2.37. The van der Waals surface area contributed by atoms with E-state index in [0.717, 1.165) is 0 Å². The Kier molecular flexibility index (Phi) is 3.14. The van der Waals surface area contributed by atoms with E-state index in [1.165, 1.54) is 12.1 Å². The Balaban J connectivity index is 2.03. The van der Waals surface area contributed by atoms with Crippen molar-refractivity contribution in [3.8, 4) is 11.1 Å². The molecule has 2 heterocycles. The van der Waals surface area contributed by atoms with Gasteiger partial charge in [-0.15, -0.1) is 0 Å². The monoisotopic (exact) mass is 347 g/mol. The zero-order chi connectivity index (χ0) is 16.1. The number of benzene rings is 2. The third kappa shape index (κ3) is 2.29. The van der Waals surface area contributed by atoms with Crippen LogP contribution in [0.3, 0.4) is 0 Å². The van der Waals surface area contributed by atoms with Gasteiger partial charge < -0.3 is 4.98 Å². The molecule has 0 bridgehead atoms. The number of pyridine rings is 1. The van der Waals surface area contributed by atoms with E-state index in [1.807, 2.05) is 0 Å². The second-order valence-corrected chi connectivity index (χ2v) is 5.87. The van der Waals surface area contributed by atoms with E-state index < -0.39 is 5.82 Å². The summed E-state index contributed by atoms with van der Waals surface area (Å²) in [6, 6.07) is 9.44. The van der Waals surface area contributed by atoms with Crippen molar-refractivity contribution < 1.29 is 4.39 Å². The zero-order valence-corrected chi connectivity index (χ0v) is 13.0. The second kappa shape index (κ2) is 5.08. The van der Waals surface area contributed by atoms with Gasteiger partial charge in [-0.1, -0.05) is 29.3 Å². The maximum Gasteiger partial charge on any atom is 0.325 e. The first-order valence-electron chi connectivity index (χ1n) is 6.69. The van der Waals surface area contributed by atoms with Gasteiger partial charge in [-0.2, -0.15) is 0 Å². The predicted octanol–water partition coefficient (Wildman–Crippen LogP) is 4.52. The average Bonchev–Trinajstić information content (AvgIpc) is 2.86. The van der Waals surface area contributed by atoms with Crippen molar-refractivity contribution in [2.75, 3.05) is 0 Å². The molecule has 23 heavy (non-hydrogen) atoms. The number of halogens is 3. The Morgan fingerprint density at radius 3 is 2.57 bits per heavy atom. The lowest BCUT2D eigenvalue weighted by atomic mass is 10.0. The van der Waals surface area contributed by atoms with Gasteiger partial charge in [0.2, 0.25) is 0 Å². The lowest BCUT2D eigenvalue weighted by Crippen LogP contribution is -1.99. The van der Waals surface area contributed by atoms with Crippen molar-refractivity contribution >= 4 is 45.3 Å². The molecule has 0 aliphatic heterocycles. The normalized spacial score (nSPS) is 11.4. The van der Waals surface area contributed by atoms with E-state index in [0.29, 0.717) is 38.2 Å². The smallest absolute Gasteiger partial charge is 0.304 e. The molecule has 4 aromatic rings. The summed E-state index contributed by atoms with van der Waals surface area (Å²) >= 11 is 12.6. The van der Waals surface area contributed by atoms with Crippen LogP contribution in [0.1, 0.15) is 0 Å². The molecule has 0 aliphatic rings. The van der Waals surface area contributed by atoms with Gasteiger partial charge >= 0.3 is 5.69 Å². The highest BCUT2D eigenvalue weighted by atomic mass is 35.5. The van der Waals surface area contributed by atoms with Crippen molar-refractivity contribution in [1.82, 2.24) is 15.0 Å². The third-order valence-corrected chi connectivity index (χ3v) is 4.35. The molecule has 7 heteroatoms. The average molecular weight is 348 g/mol. The summed E-state index contributed by atoms with van der Waals surface area (Å²) in [4.78, 5) is 21.0. The molecule has 0 radical (unpaired) electrons. The van der Waals surface area contributed by atoms with Gasteiger partial charge in [0.05, 0.1) is 21.1 Å². The maximum atomic E-state index is 13.2. The minimum absolute atomic E-state index is 0.273. The van der Waals surface area contributed by atoms with Crippen molar-refractivity contribution in [3.05, 3.63) is 62.7 Å². The van der Waals surface area contributed by atoms with Crippen LogP contribution in [-0.2, 0) is 0 Å². The molecule has 0 aliphatic carbocycles.